The molecule has 0 saturated heterocycles. The zero-order chi connectivity index (χ0) is 16.3. The molecule has 2 heterocycles. The van der Waals surface area contributed by atoms with Gasteiger partial charge in [0.05, 0.1) is 11.4 Å². The Morgan fingerprint density at radius 3 is 2.50 bits per heavy atom. The molecule has 22 heavy (non-hydrogen) atoms. The first-order valence-electron chi connectivity index (χ1n) is 7.82. The van der Waals surface area contributed by atoms with E-state index in [1.54, 1.807) is 11.8 Å². The molecule has 5 nitrogen and oxygen atoms in total. The van der Waals surface area contributed by atoms with Gasteiger partial charge in [-0.15, -0.1) is 0 Å². The second-order valence-electron chi connectivity index (χ2n) is 6.62. The molecule has 0 fully saturated rings. The van der Waals surface area contributed by atoms with Crippen molar-refractivity contribution in [1.29, 1.82) is 0 Å². The number of hydrogen-bond acceptors (Lipinski definition) is 5. The van der Waals surface area contributed by atoms with Crippen LogP contribution in [0.2, 0.25) is 0 Å². The maximum Gasteiger partial charge on any atom is 0.237 e. The van der Waals surface area contributed by atoms with Crippen molar-refractivity contribution in [2.45, 2.75) is 77.3 Å². The predicted molar refractivity (Wildman–Crippen MR) is 89.2 cm³/mol. The van der Waals surface area contributed by atoms with E-state index in [1.165, 1.54) is 18.5 Å². The van der Waals surface area contributed by atoms with Gasteiger partial charge in [0.1, 0.15) is 0 Å². The molecule has 2 aromatic rings. The highest BCUT2D eigenvalue weighted by atomic mass is 32.2. The van der Waals surface area contributed by atoms with Gasteiger partial charge in [-0.05, 0) is 20.3 Å². The Bertz CT molecular complexity index is 625. The summed E-state index contributed by atoms with van der Waals surface area (Å²) < 4.78 is 7.65. The number of thioether (sulfide) groups is 1. The topological polar surface area (TPSA) is 56.7 Å². The van der Waals surface area contributed by atoms with Crippen molar-refractivity contribution in [2.24, 2.45) is 0 Å². The zero-order valence-corrected chi connectivity index (χ0v) is 15.3. The first kappa shape index (κ1) is 17.1. The summed E-state index contributed by atoms with van der Waals surface area (Å²) in [5.74, 6) is 2.07. The highest BCUT2D eigenvalue weighted by molar-refractivity contribution is 7.98. The normalized spacial score (nSPS) is 12.1. The second-order valence-corrected chi connectivity index (χ2v) is 7.56. The molecular weight excluding hydrogens is 296 g/mol. The number of aryl methyl sites for hydroxylation is 1. The smallest absolute Gasteiger partial charge is 0.237 e. The Kier molecular flexibility index (Phi) is 5.32. The maximum absolute atomic E-state index is 5.35. The highest BCUT2D eigenvalue weighted by Gasteiger charge is 2.21. The summed E-state index contributed by atoms with van der Waals surface area (Å²) in [7, 11) is 0. The summed E-state index contributed by atoms with van der Waals surface area (Å²) in [5, 5.41) is 5.11. The molecule has 2 aromatic heterocycles. The Labute approximate surface area is 136 Å². The molecule has 0 atom stereocenters. The van der Waals surface area contributed by atoms with Crippen molar-refractivity contribution in [2.75, 3.05) is 0 Å². The largest absolute Gasteiger partial charge is 0.338 e. The van der Waals surface area contributed by atoms with Crippen molar-refractivity contribution in [3.63, 3.8) is 0 Å². The van der Waals surface area contributed by atoms with Gasteiger partial charge in [0.25, 0.3) is 0 Å². The van der Waals surface area contributed by atoms with Crippen LogP contribution >= 0.6 is 11.8 Å². The van der Waals surface area contributed by atoms with E-state index in [2.05, 4.69) is 61.2 Å². The van der Waals surface area contributed by atoms with Crippen LogP contribution in [0.4, 0.5) is 0 Å². The molecule has 0 radical (unpaired) electrons. The highest BCUT2D eigenvalue weighted by Crippen LogP contribution is 2.26. The molecule has 0 aliphatic carbocycles. The molecule has 2 rings (SSSR count). The fourth-order valence-corrected chi connectivity index (χ4v) is 3.01. The second kappa shape index (κ2) is 6.86. The lowest BCUT2D eigenvalue weighted by molar-refractivity contribution is 0.372. The Hall–Kier alpha value is -1.30. The van der Waals surface area contributed by atoms with Crippen molar-refractivity contribution in [3.05, 3.63) is 23.1 Å². The van der Waals surface area contributed by atoms with Crippen LogP contribution in [0.5, 0.6) is 0 Å². The SMILES string of the molecule is CCCCn1c(SCc2nc(C(C)(C)C)no2)nc(C)c1C. The van der Waals surface area contributed by atoms with E-state index in [0.717, 1.165) is 23.2 Å². The van der Waals surface area contributed by atoms with Crippen LogP contribution in [-0.2, 0) is 17.7 Å². The van der Waals surface area contributed by atoms with Crippen LogP contribution < -0.4 is 0 Å². The number of rotatable bonds is 6. The number of imidazole rings is 1. The number of aromatic nitrogens is 4. The van der Waals surface area contributed by atoms with Crippen LogP contribution in [0.3, 0.4) is 0 Å². The number of nitrogens with zero attached hydrogens (tertiary/aromatic N) is 4. The zero-order valence-electron chi connectivity index (χ0n) is 14.4. The quantitative estimate of drug-likeness (QED) is 0.743. The van der Waals surface area contributed by atoms with E-state index < -0.39 is 0 Å². The van der Waals surface area contributed by atoms with E-state index in [4.69, 9.17) is 4.52 Å². The van der Waals surface area contributed by atoms with Crippen molar-refractivity contribution >= 4 is 11.8 Å². The van der Waals surface area contributed by atoms with Gasteiger partial charge in [0.2, 0.25) is 5.89 Å². The number of hydrogen-bond donors (Lipinski definition) is 0. The van der Waals surface area contributed by atoms with E-state index in [0.29, 0.717) is 11.6 Å². The van der Waals surface area contributed by atoms with Crippen LogP contribution in [0.25, 0.3) is 0 Å². The molecule has 0 unspecified atom stereocenters. The fourth-order valence-electron chi connectivity index (χ4n) is 2.06. The van der Waals surface area contributed by atoms with E-state index >= 15 is 0 Å². The van der Waals surface area contributed by atoms with Gasteiger partial charge in [-0.3, -0.25) is 0 Å². The lowest BCUT2D eigenvalue weighted by Gasteiger charge is -2.10. The third-order valence-corrected chi connectivity index (χ3v) is 4.58. The molecule has 0 spiro atoms. The van der Waals surface area contributed by atoms with E-state index in [-0.39, 0.29) is 5.41 Å². The first-order valence-corrected chi connectivity index (χ1v) is 8.81. The monoisotopic (exact) mass is 322 g/mol. The summed E-state index contributed by atoms with van der Waals surface area (Å²) in [5.41, 5.74) is 2.26. The summed E-state index contributed by atoms with van der Waals surface area (Å²) in [4.78, 5) is 9.15. The van der Waals surface area contributed by atoms with Gasteiger partial charge in [-0.1, -0.05) is 51.0 Å². The predicted octanol–water partition coefficient (Wildman–Crippen LogP) is 4.27. The Balaban J connectivity index is 2.08. The molecular formula is C16H26N4OS. The molecule has 0 N–H and O–H groups in total. The van der Waals surface area contributed by atoms with Gasteiger partial charge in [-0.2, -0.15) is 4.98 Å². The van der Waals surface area contributed by atoms with Gasteiger partial charge in [0.15, 0.2) is 11.0 Å². The van der Waals surface area contributed by atoms with E-state index in [9.17, 15) is 0 Å². The minimum Gasteiger partial charge on any atom is -0.338 e. The minimum absolute atomic E-state index is 0.0841. The molecule has 0 aromatic carbocycles. The molecule has 122 valence electrons. The van der Waals surface area contributed by atoms with Crippen molar-refractivity contribution in [1.82, 2.24) is 19.7 Å². The van der Waals surface area contributed by atoms with Crippen LogP contribution in [0, 0.1) is 13.8 Å². The van der Waals surface area contributed by atoms with Gasteiger partial charge in [0, 0.05) is 17.7 Å². The average Bonchev–Trinajstić information content (AvgIpc) is 3.01. The van der Waals surface area contributed by atoms with Crippen LogP contribution in [0.1, 0.15) is 63.6 Å². The van der Waals surface area contributed by atoms with Crippen LogP contribution in [0.15, 0.2) is 9.68 Å². The maximum atomic E-state index is 5.35. The minimum atomic E-state index is -0.0841. The molecule has 0 aliphatic heterocycles. The molecule has 0 bridgehead atoms. The van der Waals surface area contributed by atoms with Gasteiger partial charge < -0.3 is 9.09 Å². The Morgan fingerprint density at radius 2 is 1.91 bits per heavy atom. The standard InChI is InChI=1S/C16H26N4OS/c1-7-8-9-20-12(3)11(2)17-15(20)22-10-13-18-14(19-21-13)16(4,5)6/h7-10H2,1-6H3. The van der Waals surface area contributed by atoms with Crippen LogP contribution in [-0.4, -0.2) is 19.7 Å². The first-order chi connectivity index (χ1) is 10.3. The molecule has 0 amide bonds. The molecule has 6 heteroatoms. The van der Waals surface area contributed by atoms with Crippen molar-refractivity contribution in [3.8, 4) is 0 Å². The Morgan fingerprint density at radius 1 is 1.18 bits per heavy atom. The van der Waals surface area contributed by atoms with Gasteiger partial charge >= 0.3 is 0 Å². The molecule has 0 aliphatic rings. The third kappa shape index (κ3) is 3.91. The number of unbranched alkanes of at least 4 members (excludes halogenated alkanes) is 1. The summed E-state index contributed by atoms with van der Waals surface area (Å²) >= 11 is 1.67. The lowest BCUT2D eigenvalue weighted by atomic mass is 9.96. The fraction of sp³-hybridized carbons (Fsp3) is 0.688. The third-order valence-electron chi connectivity index (χ3n) is 3.62. The summed E-state index contributed by atoms with van der Waals surface area (Å²) in [6.45, 7) is 13.7. The molecule has 0 saturated carbocycles. The average molecular weight is 322 g/mol. The van der Waals surface area contributed by atoms with E-state index in [1.807, 2.05) is 0 Å². The van der Waals surface area contributed by atoms with Crippen molar-refractivity contribution < 1.29 is 4.52 Å². The lowest BCUT2D eigenvalue weighted by Crippen LogP contribution is -2.13. The van der Waals surface area contributed by atoms with Gasteiger partial charge in [-0.25, -0.2) is 4.98 Å². The summed E-state index contributed by atoms with van der Waals surface area (Å²) in [6, 6.07) is 0. The summed E-state index contributed by atoms with van der Waals surface area (Å²) in [6.07, 6.45) is 2.35.